The van der Waals surface area contributed by atoms with E-state index in [1.807, 2.05) is 0 Å². The van der Waals surface area contributed by atoms with Crippen LogP contribution in [0.25, 0.3) is 0 Å². The Morgan fingerprint density at radius 3 is 2.53 bits per heavy atom. The molecule has 1 aromatic rings. The Balaban J connectivity index is 2.23. The van der Waals surface area contributed by atoms with E-state index in [2.05, 4.69) is 36.6 Å². The lowest BCUT2D eigenvalue weighted by atomic mass is 10.3. The topological polar surface area (TPSA) is 72.2 Å². The number of anilines is 2. The van der Waals surface area contributed by atoms with Crippen LogP contribution in [-0.2, 0) is 10.0 Å². The van der Waals surface area contributed by atoms with E-state index in [4.69, 9.17) is 5.73 Å². The Morgan fingerprint density at radius 2 is 2.00 bits per heavy atom. The molecular formula is C10H12Br2N2O2S. The van der Waals surface area contributed by atoms with Crippen LogP contribution in [0.2, 0.25) is 0 Å². The third-order valence-electron chi connectivity index (χ3n) is 2.50. The number of rotatable bonds is 4. The molecule has 0 atom stereocenters. The summed E-state index contributed by atoms with van der Waals surface area (Å²) in [7, 11) is -3.30. The van der Waals surface area contributed by atoms with Crippen molar-refractivity contribution in [2.24, 2.45) is 5.92 Å². The maximum absolute atomic E-state index is 11.8. The number of benzene rings is 1. The molecule has 0 spiro atoms. The van der Waals surface area contributed by atoms with E-state index < -0.39 is 10.0 Å². The molecule has 1 saturated carbocycles. The number of hydrogen-bond donors (Lipinski definition) is 2. The number of nitrogen functional groups attached to an aromatic ring is 1. The van der Waals surface area contributed by atoms with Gasteiger partial charge >= 0.3 is 0 Å². The molecule has 1 aromatic carbocycles. The Hall–Kier alpha value is -0.270. The first-order chi connectivity index (χ1) is 7.87. The van der Waals surface area contributed by atoms with Gasteiger partial charge in [-0.3, -0.25) is 4.72 Å². The molecule has 0 unspecified atom stereocenters. The van der Waals surface area contributed by atoms with Crippen LogP contribution in [0.3, 0.4) is 0 Å². The normalized spacial score (nSPS) is 15.9. The highest BCUT2D eigenvalue weighted by Crippen LogP contribution is 2.35. The van der Waals surface area contributed by atoms with Crippen molar-refractivity contribution in [3.63, 3.8) is 0 Å². The molecule has 7 heteroatoms. The molecule has 17 heavy (non-hydrogen) atoms. The zero-order chi connectivity index (χ0) is 12.6. The van der Waals surface area contributed by atoms with E-state index in [1.165, 1.54) is 0 Å². The van der Waals surface area contributed by atoms with Crippen molar-refractivity contribution in [1.29, 1.82) is 0 Å². The summed E-state index contributed by atoms with van der Waals surface area (Å²) in [6.07, 6.45) is 2.00. The molecule has 2 rings (SSSR count). The van der Waals surface area contributed by atoms with Crippen LogP contribution in [0.5, 0.6) is 0 Å². The molecule has 4 nitrogen and oxygen atoms in total. The molecule has 1 aliphatic rings. The average molecular weight is 384 g/mol. The predicted molar refractivity (Wildman–Crippen MR) is 76.4 cm³/mol. The zero-order valence-corrected chi connectivity index (χ0v) is 12.9. The molecule has 0 aromatic heterocycles. The quantitative estimate of drug-likeness (QED) is 0.785. The fourth-order valence-corrected chi connectivity index (χ4v) is 4.56. The maximum atomic E-state index is 11.8. The minimum Gasteiger partial charge on any atom is -0.397 e. The van der Waals surface area contributed by atoms with Gasteiger partial charge in [-0.05, 0) is 46.8 Å². The highest BCUT2D eigenvalue weighted by Gasteiger charge is 2.28. The Labute approximate surface area is 117 Å². The van der Waals surface area contributed by atoms with Crippen LogP contribution in [0, 0.1) is 5.92 Å². The van der Waals surface area contributed by atoms with Gasteiger partial charge in [0, 0.05) is 8.95 Å². The van der Waals surface area contributed by atoms with Crippen molar-refractivity contribution in [1.82, 2.24) is 0 Å². The number of hydrogen-bond acceptors (Lipinski definition) is 3. The number of sulfonamides is 1. The van der Waals surface area contributed by atoms with Gasteiger partial charge in [-0.2, -0.15) is 0 Å². The van der Waals surface area contributed by atoms with Gasteiger partial charge < -0.3 is 5.73 Å². The van der Waals surface area contributed by atoms with Crippen molar-refractivity contribution in [2.45, 2.75) is 12.8 Å². The van der Waals surface area contributed by atoms with Crippen LogP contribution in [-0.4, -0.2) is 14.2 Å². The van der Waals surface area contributed by atoms with Crippen molar-refractivity contribution >= 4 is 53.3 Å². The molecule has 0 heterocycles. The summed E-state index contributed by atoms with van der Waals surface area (Å²) >= 11 is 6.59. The van der Waals surface area contributed by atoms with Crippen LogP contribution in [0.4, 0.5) is 11.4 Å². The average Bonchev–Trinajstić information content (AvgIpc) is 2.94. The van der Waals surface area contributed by atoms with Gasteiger partial charge in [-0.25, -0.2) is 8.42 Å². The molecule has 0 saturated heterocycles. The van der Waals surface area contributed by atoms with Gasteiger partial charge in [0.15, 0.2) is 0 Å². The third kappa shape index (κ3) is 3.59. The molecule has 3 N–H and O–H groups in total. The molecule has 1 fully saturated rings. The molecule has 1 aliphatic carbocycles. The van der Waals surface area contributed by atoms with E-state index in [9.17, 15) is 8.42 Å². The third-order valence-corrected chi connectivity index (χ3v) is 5.00. The number of nitrogens with two attached hydrogens (primary N) is 1. The standard InChI is InChI=1S/C10H12Br2N2O2S/c11-7-3-8(12)10(9(13)4-7)14-17(15,16)5-6-1-2-6/h3-4,6,14H,1-2,5,13H2. The second-order valence-electron chi connectivity index (χ2n) is 4.18. The van der Waals surface area contributed by atoms with Crippen LogP contribution < -0.4 is 10.5 Å². The lowest BCUT2D eigenvalue weighted by Gasteiger charge is -2.12. The lowest BCUT2D eigenvalue weighted by molar-refractivity contribution is 0.597. The Kier molecular flexibility index (Phi) is 3.70. The summed E-state index contributed by atoms with van der Waals surface area (Å²) in [6.45, 7) is 0. The SMILES string of the molecule is Nc1cc(Br)cc(Br)c1NS(=O)(=O)CC1CC1. The van der Waals surface area contributed by atoms with E-state index in [0.717, 1.165) is 17.3 Å². The molecule has 94 valence electrons. The first kappa shape index (κ1) is 13.2. The molecular weight excluding hydrogens is 372 g/mol. The van der Waals surface area contributed by atoms with E-state index in [0.29, 0.717) is 21.8 Å². The maximum Gasteiger partial charge on any atom is 0.233 e. The zero-order valence-electron chi connectivity index (χ0n) is 8.91. The van der Waals surface area contributed by atoms with Crippen LogP contribution in [0.1, 0.15) is 12.8 Å². The summed E-state index contributed by atoms with van der Waals surface area (Å²) in [5.74, 6) is 0.484. The van der Waals surface area contributed by atoms with Gasteiger partial charge in [-0.1, -0.05) is 15.9 Å². The fraction of sp³-hybridized carbons (Fsp3) is 0.400. The first-order valence-corrected chi connectivity index (χ1v) is 8.36. The Bertz CT molecular complexity index is 518. The highest BCUT2D eigenvalue weighted by atomic mass is 79.9. The molecule has 0 aliphatic heterocycles. The minimum absolute atomic E-state index is 0.176. The lowest BCUT2D eigenvalue weighted by Crippen LogP contribution is -2.19. The molecule has 0 radical (unpaired) electrons. The smallest absolute Gasteiger partial charge is 0.233 e. The minimum atomic E-state index is -3.30. The van der Waals surface area contributed by atoms with Gasteiger partial charge in [0.1, 0.15) is 0 Å². The first-order valence-electron chi connectivity index (χ1n) is 5.12. The van der Waals surface area contributed by atoms with Crippen LogP contribution >= 0.6 is 31.9 Å². The van der Waals surface area contributed by atoms with Crippen molar-refractivity contribution in [3.8, 4) is 0 Å². The highest BCUT2D eigenvalue weighted by molar-refractivity contribution is 9.11. The van der Waals surface area contributed by atoms with Gasteiger partial charge in [0.25, 0.3) is 0 Å². The van der Waals surface area contributed by atoms with Gasteiger partial charge in [-0.15, -0.1) is 0 Å². The van der Waals surface area contributed by atoms with Crippen molar-refractivity contribution in [3.05, 3.63) is 21.1 Å². The second kappa shape index (κ2) is 4.78. The fourth-order valence-electron chi connectivity index (χ4n) is 1.49. The van der Waals surface area contributed by atoms with E-state index in [1.54, 1.807) is 12.1 Å². The van der Waals surface area contributed by atoms with Gasteiger partial charge in [0.05, 0.1) is 17.1 Å². The van der Waals surface area contributed by atoms with Gasteiger partial charge in [0.2, 0.25) is 10.0 Å². The van der Waals surface area contributed by atoms with Crippen molar-refractivity contribution in [2.75, 3.05) is 16.2 Å². The number of nitrogens with one attached hydrogen (secondary N) is 1. The monoisotopic (exact) mass is 382 g/mol. The van der Waals surface area contributed by atoms with Crippen molar-refractivity contribution < 1.29 is 8.42 Å². The predicted octanol–water partition coefficient (Wildman–Crippen LogP) is 2.95. The molecule has 0 amide bonds. The van der Waals surface area contributed by atoms with Crippen LogP contribution in [0.15, 0.2) is 21.1 Å². The summed E-state index contributed by atoms with van der Waals surface area (Å²) in [6, 6.07) is 3.42. The Morgan fingerprint density at radius 1 is 1.35 bits per heavy atom. The summed E-state index contributed by atoms with van der Waals surface area (Å²) < 4.78 is 27.6. The summed E-state index contributed by atoms with van der Waals surface area (Å²) in [5.41, 5.74) is 6.59. The largest absolute Gasteiger partial charge is 0.397 e. The molecule has 0 bridgehead atoms. The van der Waals surface area contributed by atoms with E-state index >= 15 is 0 Å². The number of halogens is 2. The summed E-state index contributed by atoms with van der Waals surface area (Å²) in [5, 5.41) is 0. The second-order valence-corrected chi connectivity index (χ2v) is 7.72. The van der Waals surface area contributed by atoms with E-state index in [-0.39, 0.29) is 5.75 Å². The summed E-state index contributed by atoms with van der Waals surface area (Å²) in [4.78, 5) is 0.